The number of hydrogen-bond donors (Lipinski definition) is 0. The van der Waals surface area contributed by atoms with Crippen molar-refractivity contribution in [3.63, 3.8) is 0 Å². The van der Waals surface area contributed by atoms with Gasteiger partial charge in [0.1, 0.15) is 0 Å². The molecule has 1 aliphatic heterocycles. The van der Waals surface area contributed by atoms with Crippen LogP contribution in [-0.2, 0) is 15.7 Å². The summed E-state index contributed by atoms with van der Waals surface area (Å²) < 4.78 is 51.9. The zero-order valence-electron chi connectivity index (χ0n) is 10.1. The molecule has 0 saturated carbocycles. The number of benzene rings is 1. The van der Waals surface area contributed by atoms with Gasteiger partial charge < -0.3 is 14.0 Å². The monoisotopic (exact) mass is 286 g/mol. The van der Waals surface area contributed by atoms with Crippen molar-refractivity contribution in [2.45, 2.75) is 12.5 Å². The predicted molar refractivity (Wildman–Crippen MR) is 59.4 cm³/mol. The Morgan fingerprint density at radius 3 is 2.25 bits per heavy atom. The van der Waals surface area contributed by atoms with E-state index in [1.54, 1.807) is 24.3 Å². The summed E-state index contributed by atoms with van der Waals surface area (Å²) in [5.41, 5.74) is 1.21. The summed E-state index contributed by atoms with van der Waals surface area (Å²) in [6.07, 6.45) is -5.07. The second-order valence-corrected chi connectivity index (χ2v) is 4.12. The second kappa shape index (κ2) is 4.88. The molecular weight excluding hydrogens is 277 g/mol. The molecule has 20 heavy (non-hydrogen) atoms. The molecule has 0 bridgehead atoms. The molecule has 8 heteroatoms. The van der Waals surface area contributed by atoms with E-state index in [2.05, 4.69) is 14.7 Å². The number of aromatic nitrogens is 2. The van der Waals surface area contributed by atoms with Gasteiger partial charge in [-0.1, -0.05) is 29.4 Å². The molecule has 1 fully saturated rings. The highest BCUT2D eigenvalue weighted by Crippen LogP contribution is 2.30. The molecule has 1 aromatic carbocycles. The molecule has 0 spiro atoms. The predicted octanol–water partition coefficient (Wildman–Crippen LogP) is 2.80. The van der Waals surface area contributed by atoms with E-state index in [9.17, 15) is 13.2 Å². The molecular formula is C12H9F3N2O3. The number of hydrogen-bond acceptors (Lipinski definition) is 5. The molecule has 106 valence electrons. The standard InChI is InChI=1S/C12H9F3N2O3/c13-12(14,15)11-16-9(17-20-11)7-1-3-8(4-2-7)10-18-5-6-19-10/h1-4,10H,5-6H2. The minimum atomic E-state index is -4.64. The lowest BCUT2D eigenvalue weighted by molar-refractivity contribution is -0.159. The highest BCUT2D eigenvalue weighted by Gasteiger charge is 2.38. The van der Waals surface area contributed by atoms with Crippen LogP contribution in [0.1, 0.15) is 17.7 Å². The molecule has 3 rings (SSSR count). The lowest BCUT2D eigenvalue weighted by Crippen LogP contribution is -2.04. The molecule has 0 atom stereocenters. The minimum absolute atomic E-state index is 0.114. The summed E-state index contributed by atoms with van der Waals surface area (Å²) in [4.78, 5) is 3.31. The van der Waals surface area contributed by atoms with Crippen molar-refractivity contribution < 1.29 is 27.2 Å². The maximum absolute atomic E-state index is 12.4. The van der Waals surface area contributed by atoms with Crippen molar-refractivity contribution in [1.29, 1.82) is 0 Å². The van der Waals surface area contributed by atoms with Crippen LogP contribution in [0.2, 0.25) is 0 Å². The quantitative estimate of drug-likeness (QED) is 0.849. The van der Waals surface area contributed by atoms with E-state index in [0.29, 0.717) is 18.8 Å². The van der Waals surface area contributed by atoms with Gasteiger partial charge in [-0.3, -0.25) is 0 Å². The molecule has 0 unspecified atom stereocenters. The molecule has 1 saturated heterocycles. The smallest absolute Gasteiger partial charge is 0.346 e. The van der Waals surface area contributed by atoms with Gasteiger partial charge in [0.25, 0.3) is 0 Å². The molecule has 0 aliphatic carbocycles. The lowest BCUT2D eigenvalue weighted by Gasteiger charge is -2.08. The summed E-state index contributed by atoms with van der Waals surface area (Å²) in [7, 11) is 0. The third-order valence-corrected chi connectivity index (χ3v) is 2.73. The van der Waals surface area contributed by atoms with E-state index in [-0.39, 0.29) is 5.82 Å². The van der Waals surface area contributed by atoms with E-state index in [1.165, 1.54) is 0 Å². The fourth-order valence-electron chi connectivity index (χ4n) is 1.80. The average molecular weight is 286 g/mol. The van der Waals surface area contributed by atoms with Crippen molar-refractivity contribution in [2.75, 3.05) is 13.2 Å². The second-order valence-electron chi connectivity index (χ2n) is 4.12. The number of nitrogens with zero attached hydrogens (tertiary/aromatic N) is 2. The van der Waals surface area contributed by atoms with Gasteiger partial charge in [0, 0.05) is 11.1 Å². The Bertz CT molecular complexity index is 589. The largest absolute Gasteiger partial charge is 0.471 e. The first-order valence-corrected chi connectivity index (χ1v) is 5.78. The van der Waals surface area contributed by atoms with Gasteiger partial charge in [0.2, 0.25) is 5.82 Å². The maximum Gasteiger partial charge on any atom is 0.471 e. The van der Waals surface area contributed by atoms with E-state index >= 15 is 0 Å². The number of alkyl halides is 3. The van der Waals surface area contributed by atoms with Gasteiger partial charge in [0.05, 0.1) is 13.2 Å². The first-order valence-electron chi connectivity index (χ1n) is 5.78. The number of rotatable bonds is 2. The van der Waals surface area contributed by atoms with Crippen LogP contribution in [0.25, 0.3) is 11.4 Å². The van der Waals surface area contributed by atoms with E-state index in [1.807, 2.05) is 0 Å². The molecule has 2 heterocycles. The Morgan fingerprint density at radius 2 is 1.70 bits per heavy atom. The first-order chi connectivity index (χ1) is 9.54. The van der Waals surface area contributed by atoms with Crippen molar-refractivity contribution in [3.8, 4) is 11.4 Å². The highest BCUT2D eigenvalue weighted by atomic mass is 19.4. The van der Waals surface area contributed by atoms with Crippen LogP contribution in [0.4, 0.5) is 13.2 Å². The molecule has 1 aromatic heterocycles. The topological polar surface area (TPSA) is 57.4 Å². The molecule has 0 amide bonds. The molecule has 0 N–H and O–H groups in total. The van der Waals surface area contributed by atoms with E-state index in [0.717, 1.165) is 5.56 Å². The summed E-state index contributed by atoms with van der Waals surface area (Å²) in [6, 6.07) is 6.56. The Balaban J connectivity index is 1.82. The molecule has 2 aromatic rings. The maximum atomic E-state index is 12.4. The Kier molecular flexibility index (Phi) is 3.19. The van der Waals surface area contributed by atoms with Crippen LogP contribution >= 0.6 is 0 Å². The fraction of sp³-hybridized carbons (Fsp3) is 0.333. The Morgan fingerprint density at radius 1 is 1.05 bits per heavy atom. The summed E-state index contributed by atoms with van der Waals surface area (Å²) in [6.45, 7) is 1.04. The van der Waals surface area contributed by atoms with E-state index in [4.69, 9.17) is 9.47 Å². The van der Waals surface area contributed by atoms with Crippen LogP contribution in [0.3, 0.4) is 0 Å². The van der Waals surface area contributed by atoms with Gasteiger partial charge in [-0.25, -0.2) is 0 Å². The van der Waals surface area contributed by atoms with Gasteiger partial charge in [-0.15, -0.1) is 0 Å². The van der Waals surface area contributed by atoms with Gasteiger partial charge in [0.15, 0.2) is 6.29 Å². The summed E-state index contributed by atoms with van der Waals surface area (Å²) in [5, 5.41) is 3.31. The van der Waals surface area contributed by atoms with Crippen molar-refractivity contribution in [2.24, 2.45) is 0 Å². The molecule has 5 nitrogen and oxygen atoms in total. The van der Waals surface area contributed by atoms with Gasteiger partial charge in [-0.05, 0) is 0 Å². The number of ether oxygens (including phenoxy) is 2. The van der Waals surface area contributed by atoms with Crippen LogP contribution in [0.15, 0.2) is 28.8 Å². The lowest BCUT2D eigenvalue weighted by atomic mass is 10.1. The van der Waals surface area contributed by atoms with Crippen LogP contribution < -0.4 is 0 Å². The average Bonchev–Trinajstić information content (AvgIpc) is 3.10. The zero-order chi connectivity index (χ0) is 14.2. The first kappa shape index (κ1) is 13.1. The van der Waals surface area contributed by atoms with Crippen molar-refractivity contribution in [1.82, 2.24) is 10.1 Å². The third kappa shape index (κ3) is 2.52. The van der Waals surface area contributed by atoms with Crippen LogP contribution in [0.5, 0.6) is 0 Å². The Hall–Kier alpha value is -1.93. The minimum Gasteiger partial charge on any atom is -0.346 e. The number of halogens is 3. The molecule has 0 radical (unpaired) electrons. The zero-order valence-corrected chi connectivity index (χ0v) is 10.1. The Labute approximate surface area is 111 Å². The normalized spacial score (nSPS) is 16.8. The van der Waals surface area contributed by atoms with Crippen LogP contribution in [0, 0.1) is 0 Å². The summed E-state index contributed by atoms with van der Waals surface area (Å²) in [5.74, 6) is -1.48. The van der Waals surface area contributed by atoms with Crippen molar-refractivity contribution >= 4 is 0 Å². The van der Waals surface area contributed by atoms with Gasteiger partial charge >= 0.3 is 12.1 Å². The van der Waals surface area contributed by atoms with E-state index < -0.39 is 18.4 Å². The van der Waals surface area contributed by atoms with Gasteiger partial charge in [-0.2, -0.15) is 18.2 Å². The SMILES string of the molecule is FC(F)(F)c1nc(-c2ccc(C3OCCO3)cc2)no1. The third-order valence-electron chi connectivity index (χ3n) is 2.73. The van der Waals surface area contributed by atoms with Crippen LogP contribution in [-0.4, -0.2) is 23.4 Å². The fourth-order valence-corrected chi connectivity index (χ4v) is 1.80. The highest BCUT2D eigenvalue weighted by molar-refractivity contribution is 5.54. The summed E-state index contributed by atoms with van der Waals surface area (Å²) >= 11 is 0. The molecule has 1 aliphatic rings. The van der Waals surface area contributed by atoms with Crippen molar-refractivity contribution in [3.05, 3.63) is 35.7 Å².